The third kappa shape index (κ3) is 7.06. The number of unbranched alkanes of at least 4 members (excludes halogenated alkanes) is 3. The number of nitrogens with one attached hydrogen (secondary N) is 3. The van der Waals surface area contributed by atoms with Gasteiger partial charge in [-0.25, -0.2) is 10.3 Å². The van der Waals surface area contributed by atoms with Crippen LogP contribution in [-0.2, 0) is 36.9 Å². The first-order valence-electron chi connectivity index (χ1n) is 13.6. The van der Waals surface area contributed by atoms with Crippen LogP contribution in [0.5, 0.6) is 0 Å². The number of benzene rings is 2. The van der Waals surface area contributed by atoms with Crippen molar-refractivity contribution >= 4 is 34.6 Å². The lowest BCUT2D eigenvalue weighted by Crippen LogP contribution is -2.49. The molecule has 2 atom stereocenters. The highest BCUT2D eigenvalue weighted by Crippen LogP contribution is 2.35. The molecule has 40 heavy (non-hydrogen) atoms. The molecule has 0 saturated heterocycles. The summed E-state index contributed by atoms with van der Waals surface area (Å²) in [7, 11) is 1.30. The number of para-hydroxylation sites is 1. The van der Waals surface area contributed by atoms with Crippen molar-refractivity contribution in [3.8, 4) is 0 Å². The average molecular weight is 549 g/mol. The van der Waals surface area contributed by atoms with Gasteiger partial charge in [-0.1, -0.05) is 61.4 Å². The van der Waals surface area contributed by atoms with Crippen LogP contribution in [-0.4, -0.2) is 58.5 Å². The highest BCUT2D eigenvalue weighted by Gasteiger charge is 2.37. The molecular weight excluding hydrogens is 512 g/mol. The Kier molecular flexibility index (Phi) is 9.91. The predicted molar refractivity (Wildman–Crippen MR) is 148 cm³/mol. The van der Waals surface area contributed by atoms with E-state index in [1.54, 1.807) is 10.4 Å². The Labute approximate surface area is 233 Å². The van der Waals surface area contributed by atoms with Crippen molar-refractivity contribution in [3.63, 3.8) is 0 Å². The Morgan fingerprint density at radius 1 is 1.00 bits per heavy atom. The van der Waals surface area contributed by atoms with E-state index in [4.69, 9.17) is 9.94 Å². The Morgan fingerprint density at radius 3 is 2.42 bits per heavy atom. The van der Waals surface area contributed by atoms with Crippen molar-refractivity contribution in [2.75, 3.05) is 13.7 Å². The second-order valence-electron chi connectivity index (χ2n) is 10.1. The van der Waals surface area contributed by atoms with E-state index in [9.17, 15) is 19.2 Å². The second kappa shape index (κ2) is 13.7. The molecule has 3 amide bonds. The molecule has 2 aromatic carbocycles. The highest BCUT2D eigenvalue weighted by molar-refractivity contribution is 5.96. The minimum atomic E-state index is -0.868. The number of nitrogens with zero attached hydrogens (tertiary/aromatic N) is 1. The molecular formula is C30H36N4O6. The third-order valence-corrected chi connectivity index (χ3v) is 7.35. The number of rotatable bonds is 12. The maximum Gasteiger partial charge on any atom is 0.328 e. The number of carbonyl (C=O) groups is 4. The monoisotopic (exact) mass is 548 g/mol. The lowest BCUT2D eigenvalue weighted by atomic mass is 9.90. The van der Waals surface area contributed by atoms with Crippen molar-refractivity contribution in [2.24, 2.45) is 0 Å². The van der Waals surface area contributed by atoms with Crippen molar-refractivity contribution < 1.29 is 29.1 Å². The van der Waals surface area contributed by atoms with E-state index < -0.39 is 23.8 Å². The molecule has 4 rings (SSSR count). The quantitative estimate of drug-likeness (QED) is 0.118. The fourth-order valence-corrected chi connectivity index (χ4v) is 5.30. The molecule has 1 aromatic heterocycles. The van der Waals surface area contributed by atoms with Gasteiger partial charge in [-0.05, 0) is 30.0 Å². The lowest BCUT2D eigenvalue weighted by Gasteiger charge is -2.33. The first-order valence-corrected chi connectivity index (χ1v) is 13.6. The largest absolute Gasteiger partial charge is 0.467 e. The minimum absolute atomic E-state index is 0.0518. The molecule has 212 valence electrons. The van der Waals surface area contributed by atoms with E-state index in [0.29, 0.717) is 25.8 Å². The van der Waals surface area contributed by atoms with Gasteiger partial charge in [0, 0.05) is 42.4 Å². The molecule has 4 N–H and O–H groups in total. The fraction of sp³-hybridized carbons (Fsp3) is 0.400. The Morgan fingerprint density at radius 2 is 1.70 bits per heavy atom. The zero-order chi connectivity index (χ0) is 28.5. The van der Waals surface area contributed by atoms with Crippen molar-refractivity contribution in [1.29, 1.82) is 0 Å². The summed E-state index contributed by atoms with van der Waals surface area (Å²) in [6, 6.07) is 16.3. The second-order valence-corrected chi connectivity index (χ2v) is 10.1. The maximum absolute atomic E-state index is 13.8. The first-order chi connectivity index (χ1) is 19.4. The standard InChI is InChI=1S/C30H36N4O6/c1-40-30(38)24(17-20-11-5-4-6-12-20)32-29(37)22-18-34(27(36)16-8-3-2-7-15-26(35)33-39)19-25-28(22)21-13-9-10-14-23(21)31-25/h4-6,9-14,22,24,31,39H,2-3,7-8,15-19H2,1H3,(H,32,37)(H,33,35)/t22-,24+/m1/s1. The lowest BCUT2D eigenvalue weighted by molar-refractivity contribution is -0.145. The average Bonchev–Trinajstić information content (AvgIpc) is 3.36. The topological polar surface area (TPSA) is 141 Å². The van der Waals surface area contributed by atoms with Crippen LogP contribution in [0.2, 0.25) is 0 Å². The van der Waals surface area contributed by atoms with Crippen LogP contribution < -0.4 is 10.8 Å². The maximum atomic E-state index is 13.8. The number of methoxy groups -OCH3 is 1. The van der Waals surface area contributed by atoms with E-state index in [1.165, 1.54) is 7.11 Å². The molecule has 0 unspecified atom stereocenters. The Bertz CT molecular complexity index is 1340. The highest BCUT2D eigenvalue weighted by atomic mass is 16.5. The summed E-state index contributed by atoms with van der Waals surface area (Å²) in [6.07, 6.45) is 3.70. The van der Waals surface area contributed by atoms with Gasteiger partial charge < -0.3 is 19.9 Å². The van der Waals surface area contributed by atoms with Crippen LogP contribution in [0.25, 0.3) is 10.9 Å². The molecule has 0 saturated carbocycles. The Balaban J connectivity index is 1.48. The van der Waals surface area contributed by atoms with E-state index in [-0.39, 0.29) is 31.2 Å². The minimum Gasteiger partial charge on any atom is -0.467 e. The number of hydroxylamine groups is 1. The summed E-state index contributed by atoms with van der Waals surface area (Å²) < 4.78 is 4.99. The predicted octanol–water partition coefficient (Wildman–Crippen LogP) is 3.34. The number of carbonyl (C=O) groups excluding carboxylic acids is 4. The molecule has 0 fully saturated rings. The first kappa shape index (κ1) is 28.8. The van der Waals surface area contributed by atoms with E-state index >= 15 is 0 Å². The van der Waals surface area contributed by atoms with Crippen molar-refractivity contribution in [3.05, 3.63) is 71.4 Å². The number of fused-ring (bicyclic) bond motifs is 3. The van der Waals surface area contributed by atoms with Crippen molar-refractivity contribution in [1.82, 2.24) is 20.7 Å². The normalized spacial score (nSPS) is 15.2. The van der Waals surface area contributed by atoms with E-state index in [1.807, 2.05) is 54.6 Å². The molecule has 0 radical (unpaired) electrons. The fourth-order valence-electron chi connectivity index (χ4n) is 5.30. The molecule has 10 heteroatoms. The van der Waals surface area contributed by atoms with Crippen LogP contribution in [0.4, 0.5) is 0 Å². The zero-order valence-corrected chi connectivity index (χ0v) is 22.7. The van der Waals surface area contributed by atoms with Gasteiger partial charge in [-0.15, -0.1) is 0 Å². The number of aromatic nitrogens is 1. The summed E-state index contributed by atoms with van der Waals surface area (Å²) in [5, 5.41) is 12.4. The van der Waals surface area contributed by atoms with Crippen LogP contribution >= 0.6 is 0 Å². The van der Waals surface area contributed by atoms with Crippen molar-refractivity contribution in [2.45, 2.75) is 63.5 Å². The molecule has 3 aromatic rings. The summed E-state index contributed by atoms with van der Waals surface area (Å²) in [4.78, 5) is 55.8. The van der Waals surface area contributed by atoms with Gasteiger partial charge in [0.1, 0.15) is 6.04 Å². The van der Waals surface area contributed by atoms with Gasteiger partial charge in [0.15, 0.2) is 0 Å². The SMILES string of the molecule is COC(=O)[C@H](Cc1ccccc1)NC(=O)[C@@H]1CN(C(=O)CCCCCCC(=O)NO)Cc2[nH]c3ccccc3c21. The van der Waals surface area contributed by atoms with E-state index in [2.05, 4.69) is 10.3 Å². The van der Waals surface area contributed by atoms with Crippen LogP contribution in [0.3, 0.4) is 0 Å². The number of esters is 1. The molecule has 2 heterocycles. The van der Waals surface area contributed by atoms with E-state index in [0.717, 1.165) is 40.6 Å². The number of H-pyrrole nitrogens is 1. The van der Waals surface area contributed by atoms with Crippen LogP contribution in [0, 0.1) is 0 Å². The molecule has 1 aliphatic heterocycles. The van der Waals surface area contributed by atoms with Gasteiger partial charge in [-0.2, -0.15) is 0 Å². The smallest absolute Gasteiger partial charge is 0.328 e. The van der Waals surface area contributed by atoms with Gasteiger partial charge in [-0.3, -0.25) is 19.6 Å². The molecule has 1 aliphatic rings. The summed E-state index contributed by atoms with van der Waals surface area (Å²) in [5.74, 6) is -2.00. The summed E-state index contributed by atoms with van der Waals surface area (Å²) in [5.41, 5.74) is 5.06. The number of hydrogen-bond donors (Lipinski definition) is 4. The number of ether oxygens (including phenoxy) is 1. The molecule has 0 spiro atoms. The molecule has 0 aliphatic carbocycles. The van der Waals surface area contributed by atoms with Gasteiger partial charge in [0.2, 0.25) is 17.7 Å². The molecule has 10 nitrogen and oxygen atoms in total. The van der Waals surface area contributed by atoms with Gasteiger partial charge in [0.25, 0.3) is 0 Å². The van der Waals surface area contributed by atoms with Gasteiger partial charge >= 0.3 is 5.97 Å². The Hall–Kier alpha value is -4.18. The van der Waals surface area contributed by atoms with Crippen LogP contribution in [0.1, 0.15) is 61.3 Å². The number of hydrogen-bond acceptors (Lipinski definition) is 6. The van der Waals surface area contributed by atoms with Crippen LogP contribution in [0.15, 0.2) is 54.6 Å². The summed E-state index contributed by atoms with van der Waals surface area (Å²) >= 11 is 0. The third-order valence-electron chi connectivity index (χ3n) is 7.35. The zero-order valence-electron chi connectivity index (χ0n) is 22.7. The number of aromatic amines is 1. The van der Waals surface area contributed by atoms with Gasteiger partial charge in [0.05, 0.1) is 19.6 Å². The number of amides is 3. The molecule has 0 bridgehead atoms. The summed E-state index contributed by atoms with van der Waals surface area (Å²) in [6.45, 7) is 0.573.